The second-order valence-electron chi connectivity index (χ2n) is 5.60. The molecule has 2 nitrogen and oxygen atoms in total. The molecule has 0 aromatic heterocycles. The SMILES string of the molecule is CCCN(CC1CC1)C(CN)c1ccc(C)cc1. The molecular formula is C16H26N2. The zero-order valence-corrected chi connectivity index (χ0v) is 11.7. The minimum absolute atomic E-state index is 0.395. The summed E-state index contributed by atoms with van der Waals surface area (Å²) in [5.41, 5.74) is 8.72. The molecule has 2 rings (SSSR count). The van der Waals surface area contributed by atoms with Crippen LogP contribution in [0.2, 0.25) is 0 Å². The van der Waals surface area contributed by atoms with Crippen molar-refractivity contribution in [3.8, 4) is 0 Å². The Balaban J connectivity index is 2.09. The standard InChI is InChI=1S/C16H26N2/c1-3-10-18(12-14-6-7-14)16(11-17)15-8-4-13(2)5-9-15/h4-5,8-9,14,16H,3,6-7,10-12,17H2,1-2H3. The van der Waals surface area contributed by atoms with Gasteiger partial charge < -0.3 is 5.73 Å². The molecule has 1 unspecified atom stereocenters. The van der Waals surface area contributed by atoms with E-state index in [1.54, 1.807) is 0 Å². The molecule has 100 valence electrons. The second-order valence-corrected chi connectivity index (χ2v) is 5.60. The third-order valence-corrected chi connectivity index (χ3v) is 3.83. The van der Waals surface area contributed by atoms with E-state index in [1.807, 2.05) is 0 Å². The minimum atomic E-state index is 0.395. The zero-order chi connectivity index (χ0) is 13.0. The van der Waals surface area contributed by atoms with E-state index in [0.717, 1.165) is 19.0 Å². The van der Waals surface area contributed by atoms with Gasteiger partial charge in [0, 0.05) is 19.1 Å². The van der Waals surface area contributed by atoms with E-state index in [2.05, 4.69) is 43.0 Å². The van der Waals surface area contributed by atoms with E-state index >= 15 is 0 Å². The molecule has 1 atom stereocenters. The lowest BCUT2D eigenvalue weighted by atomic mass is 10.0. The van der Waals surface area contributed by atoms with Crippen molar-refractivity contribution in [3.05, 3.63) is 35.4 Å². The molecule has 1 aliphatic rings. The van der Waals surface area contributed by atoms with Gasteiger partial charge in [0.2, 0.25) is 0 Å². The summed E-state index contributed by atoms with van der Waals surface area (Å²) in [4.78, 5) is 2.59. The highest BCUT2D eigenvalue weighted by atomic mass is 15.2. The predicted molar refractivity (Wildman–Crippen MR) is 77.6 cm³/mol. The molecular weight excluding hydrogens is 220 g/mol. The lowest BCUT2D eigenvalue weighted by Crippen LogP contribution is -2.35. The first-order valence-corrected chi connectivity index (χ1v) is 7.25. The molecule has 0 saturated heterocycles. The highest BCUT2D eigenvalue weighted by Crippen LogP contribution is 2.32. The first kappa shape index (κ1) is 13.6. The summed E-state index contributed by atoms with van der Waals surface area (Å²) >= 11 is 0. The topological polar surface area (TPSA) is 29.3 Å². The molecule has 0 bridgehead atoms. The fourth-order valence-corrected chi connectivity index (χ4v) is 2.58. The Bertz CT molecular complexity index is 354. The lowest BCUT2D eigenvalue weighted by Gasteiger charge is -2.31. The average Bonchev–Trinajstić information content (AvgIpc) is 3.17. The van der Waals surface area contributed by atoms with Gasteiger partial charge in [0.25, 0.3) is 0 Å². The van der Waals surface area contributed by atoms with Crippen LogP contribution in [0.25, 0.3) is 0 Å². The Morgan fingerprint density at radius 1 is 1.28 bits per heavy atom. The van der Waals surface area contributed by atoms with Gasteiger partial charge in [-0.25, -0.2) is 0 Å². The van der Waals surface area contributed by atoms with Gasteiger partial charge in [-0.1, -0.05) is 36.8 Å². The lowest BCUT2D eigenvalue weighted by molar-refractivity contribution is 0.193. The van der Waals surface area contributed by atoms with Crippen LogP contribution in [-0.2, 0) is 0 Å². The van der Waals surface area contributed by atoms with Crippen LogP contribution >= 0.6 is 0 Å². The zero-order valence-electron chi connectivity index (χ0n) is 11.7. The van der Waals surface area contributed by atoms with Crippen molar-refractivity contribution in [1.29, 1.82) is 0 Å². The van der Waals surface area contributed by atoms with Crippen LogP contribution < -0.4 is 5.73 Å². The Kier molecular flexibility index (Phi) is 4.79. The predicted octanol–water partition coefficient (Wildman–Crippen LogP) is 3.12. The Labute approximate surface area is 111 Å². The largest absolute Gasteiger partial charge is 0.329 e. The molecule has 1 aliphatic carbocycles. The number of aryl methyl sites for hydroxylation is 1. The van der Waals surface area contributed by atoms with Gasteiger partial charge in [-0.15, -0.1) is 0 Å². The molecule has 1 fully saturated rings. The second kappa shape index (κ2) is 6.35. The van der Waals surface area contributed by atoms with Crippen molar-refractivity contribution in [2.24, 2.45) is 11.7 Å². The van der Waals surface area contributed by atoms with E-state index in [0.29, 0.717) is 6.04 Å². The molecule has 0 radical (unpaired) electrons. The van der Waals surface area contributed by atoms with Crippen LogP contribution in [0.5, 0.6) is 0 Å². The van der Waals surface area contributed by atoms with Gasteiger partial charge in [0.05, 0.1) is 0 Å². The van der Waals surface area contributed by atoms with Crippen LogP contribution in [0.15, 0.2) is 24.3 Å². The normalized spacial score (nSPS) is 17.1. The molecule has 1 saturated carbocycles. The highest BCUT2D eigenvalue weighted by Gasteiger charge is 2.27. The molecule has 0 amide bonds. The van der Waals surface area contributed by atoms with Crippen LogP contribution in [0.1, 0.15) is 43.4 Å². The summed E-state index contributed by atoms with van der Waals surface area (Å²) in [7, 11) is 0. The molecule has 1 aromatic carbocycles. The third-order valence-electron chi connectivity index (χ3n) is 3.83. The smallest absolute Gasteiger partial charge is 0.0470 e. The van der Waals surface area contributed by atoms with E-state index in [4.69, 9.17) is 5.73 Å². The maximum absolute atomic E-state index is 6.03. The van der Waals surface area contributed by atoms with E-state index in [9.17, 15) is 0 Å². The Morgan fingerprint density at radius 3 is 2.44 bits per heavy atom. The van der Waals surface area contributed by atoms with Gasteiger partial charge in [-0.2, -0.15) is 0 Å². The monoisotopic (exact) mass is 246 g/mol. The number of benzene rings is 1. The fourth-order valence-electron chi connectivity index (χ4n) is 2.58. The van der Waals surface area contributed by atoms with Gasteiger partial charge in [-0.3, -0.25) is 4.90 Å². The maximum Gasteiger partial charge on any atom is 0.0470 e. The van der Waals surface area contributed by atoms with Crippen molar-refractivity contribution >= 4 is 0 Å². The summed E-state index contributed by atoms with van der Waals surface area (Å²) in [6.45, 7) is 7.49. The van der Waals surface area contributed by atoms with E-state index in [-0.39, 0.29) is 0 Å². The molecule has 0 spiro atoms. The van der Waals surface area contributed by atoms with Crippen molar-refractivity contribution in [3.63, 3.8) is 0 Å². The van der Waals surface area contributed by atoms with E-state index < -0.39 is 0 Å². The number of nitrogens with zero attached hydrogens (tertiary/aromatic N) is 1. The quantitative estimate of drug-likeness (QED) is 0.801. The molecule has 0 aliphatic heterocycles. The fraction of sp³-hybridized carbons (Fsp3) is 0.625. The Hall–Kier alpha value is -0.860. The summed E-state index contributed by atoms with van der Waals surface area (Å²) < 4.78 is 0. The molecule has 0 heterocycles. The van der Waals surface area contributed by atoms with Crippen LogP contribution in [-0.4, -0.2) is 24.5 Å². The van der Waals surface area contributed by atoms with Crippen molar-refractivity contribution < 1.29 is 0 Å². The van der Waals surface area contributed by atoms with Crippen molar-refractivity contribution in [2.75, 3.05) is 19.6 Å². The maximum atomic E-state index is 6.03. The van der Waals surface area contributed by atoms with Crippen LogP contribution in [0.3, 0.4) is 0 Å². The summed E-state index contributed by atoms with van der Waals surface area (Å²) in [5, 5.41) is 0. The number of nitrogens with two attached hydrogens (primary N) is 1. The summed E-state index contributed by atoms with van der Waals surface area (Å²) in [6, 6.07) is 9.26. The van der Waals surface area contributed by atoms with Crippen LogP contribution in [0.4, 0.5) is 0 Å². The third kappa shape index (κ3) is 3.56. The Morgan fingerprint density at radius 2 is 1.94 bits per heavy atom. The van der Waals surface area contributed by atoms with Gasteiger partial charge in [0.1, 0.15) is 0 Å². The van der Waals surface area contributed by atoms with Crippen molar-refractivity contribution in [1.82, 2.24) is 4.90 Å². The van der Waals surface area contributed by atoms with Crippen LogP contribution in [0, 0.1) is 12.8 Å². The van der Waals surface area contributed by atoms with Crippen molar-refractivity contribution in [2.45, 2.75) is 39.2 Å². The average molecular weight is 246 g/mol. The minimum Gasteiger partial charge on any atom is -0.329 e. The first-order chi connectivity index (χ1) is 8.74. The summed E-state index contributed by atoms with van der Waals surface area (Å²) in [5.74, 6) is 0.927. The molecule has 18 heavy (non-hydrogen) atoms. The van der Waals surface area contributed by atoms with E-state index in [1.165, 1.54) is 36.9 Å². The summed E-state index contributed by atoms with van der Waals surface area (Å²) in [6.07, 6.45) is 4.02. The molecule has 1 aromatic rings. The van der Waals surface area contributed by atoms with Gasteiger partial charge >= 0.3 is 0 Å². The van der Waals surface area contributed by atoms with Gasteiger partial charge in [-0.05, 0) is 44.2 Å². The number of hydrogen-bond donors (Lipinski definition) is 1. The molecule has 2 N–H and O–H groups in total. The number of hydrogen-bond acceptors (Lipinski definition) is 2. The molecule has 2 heteroatoms. The van der Waals surface area contributed by atoms with Gasteiger partial charge in [0.15, 0.2) is 0 Å². The first-order valence-electron chi connectivity index (χ1n) is 7.25. The number of rotatable bonds is 7. The highest BCUT2D eigenvalue weighted by molar-refractivity contribution is 5.24.